The average Bonchev–Trinajstić information content (AvgIpc) is 3.07. The summed E-state index contributed by atoms with van der Waals surface area (Å²) in [7, 11) is 2.99. The van der Waals surface area contributed by atoms with Crippen molar-refractivity contribution in [3.63, 3.8) is 0 Å². The molecule has 0 heterocycles. The van der Waals surface area contributed by atoms with Gasteiger partial charge >= 0.3 is 0 Å². The largest absolute Gasteiger partial charge is 0.495 e. The minimum Gasteiger partial charge on any atom is -0.495 e. The summed E-state index contributed by atoms with van der Waals surface area (Å²) in [4.78, 5) is 25.9. The van der Waals surface area contributed by atoms with Crippen LogP contribution in [-0.4, -0.2) is 43.5 Å². The van der Waals surface area contributed by atoms with Gasteiger partial charge in [-0.15, -0.1) is 0 Å². The molecule has 1 saturated carbocycles. The number of anilines is 1. The van der Waals surface area contributed by atoms with E-state index in [4.69, 9.17) is 21.1 Å². The van der Waals surface area contributed by atoms with Gasteiger partial charge in [-0.1, -0.05) is 24.4 Å². The molecular weight excluding hydrogens is 332 g/mol. The van der Waals surface area contributed by atoms with E-state index in [-0.39, 0.29) is 24.4 Å². The molecule has 1 fully saturated rings. The fraction of sp³-hybridized carbons (Fsp3) is 0.529. The number of nitrogens with one attached hydrogen (secondary N) is 1. The third-order valence-corrected chi connectivity index (χ3v) is 4.53. The number of rotatable bonds is 6. The van der Waals surface area contributed by atoms with Gasteiger partial charge in [0.1, 0.15) is 18.0 Å². The van der Waals surface area contributed by atoms with Gasteiger partial charge in [0, 0.05) is 25.1 Å². The molecule has 1 aliphatic carbocycles. The zero-order valence-corrected chi connectivity index (χ0v) is 15.0. The lowest BCUT2D eigenvalue weighted by molar-refractivity contribution is -0.135. The second kappa shape index (κ2) is 8.24. The molecule has 132 valence electrons. The predicted octanol–water partition coefficient (Wildman–Crippen LogP) is 3.09. The van der Waals surface area contributed by atoms with Crippen molar-refractivity contribution in [2.24, 2.45) is 0 Å². The first-order chi connectivity index (χ1) is 11.5. The maximum atomic E-state index is 12.4. The zero-order valence-electron chi connectivity index (χ0n) is 14.2. The van der Waals surface area contributed by atoms with Crippen LogP contribution in [0.15, 0.2) is 12.1 Å². The summed E-state index contributed by atoms with van der Waals surface area (Å²) >= 11 is 6.06. The van der Waals surface area contributed by atoms with Crippen LogP contribution < -0.4 is 14.8 Å². The van der Waals surface area contributed by atoms with Gasteiger partial charge in [0.15, 0.2) is 0 Å². The second-order valence-electron chi connectivity index (χ2n) is 5.82. The van der Waals surface area contributed by atoms with Crippen molar-refractivity contribution in [3.8, 4) is 11.5 Å². The molecule has 0 unspecified atom stereocenters. The van der Waals surface area contributed by atoms with E-state index in [0.29, 0.717) is 22.2 Å². The maximum Gasteiger partial charge on any atom is 0.244 e. The molecule has 2 rings (SSSR count). The fourth-order valence-electron chi connectivity index (χ4n) is 3.02. The molecule has 6 nitrogen and oxygen atoms in total. The Balaban J connectivity index is 2.11. The Labute approximate surface area is 147 Å². The quantitative estimate of drug-likeness (QED) is 0.852. The second-order valence-corrected chi connectivity index (χ2v) is 6.23. The highest BCUT2D eigenvalue weighted by Gasteiger charge is 2.26. The number of carbonyl (C=O) groups excluding carboxylic acids is 2. The molecule has 1 aromatic carbocycles. The molecule has 1 aliphatic rings. The van der Waals surface area contributed by atoms with E-state index in [1.54, 1.807) is 17.0 Å². The molecule has 0 aromatic heterocycles. The van der Waals surface area contributed by atoms with Crippen molar-refractivity contribution >= 4 is 29.1 Å². The van der Waals surface area contributed by atoms with E-state index in [1.165, 1.54) is 21.1 Å². The fourth-order valence-corrected chi connectivity index (χ4v) is 3.25. The highest BCUT2D eigenvalue weighted by atomic mass is 35.5. The minimum atomic E-state index is -0.278. The number of carbonyl (C=O) groups is 2. The zero-order chi connectivity index (χ0) is 17.7. The van der Waals surface area contributed by atoms with Gasteiger partial charge in [-0.05, 0) is 12.8 Å². The number of ether oxygens (including phenoxy) is 2. The highest BCUT2D eigenvalue weighted by molar-refractivity contribution is 6.32. The topological polar surface area (TPSA) is 67.9 Å². The maximum absolute atomic E-state index is 12.4. The van der Waals surface area contributed by atoms with Crippen LogP contribution in [0.4, 0.5) is 5.69 Å². The van der Waals surface area contributed by atoms with Gasteiger partial charge in [0.05, 0.1) is 24.9 Å². The van der Waals surface area contributed by atoms with Crippen molar-refractivity contribution < 1.29 is 19.1 Å². The molecule has 0 bridgehead atoms. The Morgan fingerprint density at radius 3 is 2.38 bits per heavy atom. The van der Waals surface area contributed by atoms with E-state index >= 15 is 0 Å². The van der Waals surface area contributed by atoms with Crippen molar-refractivity contribution in [1.82, 2.24) is 4.90 Å². The Bertz CT molecular complexity index is 615. The molecule has 0 spiro atoms. The summed E-state index contributed by atoms with van der Waals surface area (Å²) in [5.74, 6) is 0.508. The Hall–Kier alpha value is -1.95. The number of hydrogen-bond acceptors (Lipinski definition) is 4. The van der Waals surface area contributed by atoms with Crippen molar-refractivity contribution in [2.75, 3.05) is 26.1 Å². The van der Waals surface area contributed by atoms with Crippen LogP contribution in [0.1, 0.15) is 32.6 Å². The lowest BCUT2D eigenvalue weighted by atomic mass is 10.2. The van der Waals surface area contributed by atoms with Crippen LogP contribution in [0, 0.1) is 0 Å². The average molecular weight is 355 g/mol. The van der Waals surface area contributed by atoms with Crippen LogP contribution in [0.25, 0.3) is 0 Å². The third kappa shape index (κ3) is 4.32. The summed E-state index contributed by atoms with van der Waals surface area (Å²) < 4.78 is 10.4. The van der Waals surface area contributed by atoms with E-state index in [2.05, 4.69) is 5.32 Å². The SMILES string of the molecule is COc1cc(NC(=O)CN(C(C)=O)C2CCCC2)c(OC)cc1Cl. The monoisotopic (exact) mass is 354 g/mol. The van der Waals surface area contributed by atoms with Crippen molar-refractivity contribution in [1.29, 1.82) is 0 Å². The number of methoxy groups -OCH3 is 2. The van der Waals surface area contributed by atoms with Gasteiger partial charge in [-0.2, -0.15) is 0 Å². The normalized spacial score (nSPS) is 14.3. The Kier molecular flexibility index (Phi) is 6.31. The van der Waals surface area contributed by atoms with Crippen LogP contribution in [0.3, 0.4) is 0 Å². The van der Waals surface area contributed by atoms with Crippen LogP contribution in [0.2, 0.25) is 5.02 Å². The Morgan fingerprint density at radius 1 is 1.21 bits per heavy atom. The van der Waals surface area contributed by atoms with Gasteiger partial charge in [-0.3, -0.25) is 9.59 Å². The number of benzene rings is 1. The summed E-state index contributed by atoms with van der Waals surface area (Å²) in [5.41, 5.74) is 0.457. The first kappa shape index (κ1) is 18.4. The number of amides is 2. The molecule has 2 amide bonds. The summed E-state index contributed by atoms with van der Waals surface area (Å²) in [6, 6.07) is 3.33. The summed E-state index contributed by atoms with van der Waals surface area (Å²) in [6.45, 7) is 1.52. The van der Waals surface area contributed by atoms with Crippen LogP contribution in [0.5, 0.6) is 11.5 Å². The molecular formula is C17H23ClN2O4. The van der Waals surface area contributed by atoms with Crippen molar-refractivity contribution in [3.05, 3.63) is 17.2 Å². The number of nitrogens with zero attached hydrogens (tertiary/aromatic N) is 1. The first-order valence-corrected chi connectivity index (χ1v) is 8.32. The minimum absolute atomic E-state index is 0.0219. The van der Waals surface area contributed by atoms with Crippen LogP contribution >= 0.6 is 11.6 Å². The molecule has 0 aliphatic heterocycles. The molecule has 7 heteroatoms. The summed E-state index contributed by atoms with van der Waals surface area (Å²) in [6.07, 6.45) is 4.09. The van der Waals surface area contributed by atoms with Gasteiger partial charge in [0.2, 0.25) is 11.8 Å². The first-order valence-electron chi connectivity index (χ1n) is 7.94. The van der Waals surface area contributed by atoms with E-state index in [1.807, 2.05) is 0 Å². The Morgan fingerprint density at radius 2 is 1.83 bits per heavy atom. The van der Waals surface area contributed by atoms with Crippen LogP contribution in [-0.2, 0) is 9.59 Å². The molecule has 0 saturated heterocycles. The standard InChI is InChI=1S/C17H23ClN2O4/c1-11(21)20(12-6-4-5-7-12)10-17(22)19-14-9-15(23-2)13(18)8-16(14)24-3/h8-9,12H,4-7,10H2,1-3H3,(H,19,22). The van der Waals surface area contributed by atoms with Gasteiger partial charge in [-0.25, -0.2) is 0 Å². The van der Waals surface area contributed by atoms with E-state index < -0.39 is 0 Å². The molecule has 1 N–H and O–H groups in total. The van der Waals surface area contributed by atoms with Crippen molar-refractivity contribution in [2.45, 2.75) is 38.6 Å². The van der Waals surface area contributed by atoms with E-state index in [9.17, 15) is 9.59 Å². The van der Waals surface area contributed by atoms with Gasteiger partial charge in [0.25, 0.3) is 0 Å². The molecule has 0 atom stereocenters. The molecule has 1 aromatic rings. The lowest BCUT2D eigenvalue weighted by Gasteiger charge is -2.27. The predicted molar refractivity (Wildman–Crippen MR) is 92.8 cm³/mol. The third-order valence-electron chi connectivity index (χ3n) is 4.23. The lowest BCUT2D eigenvalue weighted by Crippen LogP contribution is -2.42. The highest BCUT2D eigenvalue weighted by Crippen LogP contribution is 2.35. The van der Waals surface area contributed by atoms with E-state index in [0.717, 1.165) is 25.7 Å². The smallest absolute Gasteiger partial charge is 0.244 e. The molecule has 0 radical (unpaired) electrons. The number of halogens is 1. The number of hydrogen-bond donors (Lipinski definition) is 1. The summed E-state index contributed by atoms with van der Waals surface area (Å²) in [5, 5.41) is 3.17. The van der Waals surface area contributed by atoms with Gasteiger partial charge < -0.3 is 19.7 Å². The molecule has 24 heavy (non-hydrogen) atoms.